The molecule has 27 heavy (non-hydrogen) atoms. The zero-order valence-electron chi connectivity index (χ0n) is 14.7. The highest BCUT2D eigenvalue weighted by Crippen LogP contribution is 2.30. The Labute approximate surface area is 158 Å². The fraction of sp³-hybridized carbons (Fsp3) is 0. The van der Waals surface area contributed by atoms with Crippen LogP contribution in [0.3, 0.4) is 0 Å². The van der Waals surface area contributed by atoms with Crippen LogP contribution in [0.15, 0.2) is 109 Å². The first-order valence-electron chi connectivity index (χ1n) is 8.78. The number of benzene rings is 4. The number of nitrogens with one attached hydrogen (secondary N) is 1. The summed E-state index contributed by atoms with van der Waals surface area (Å²) in [5.41, 5.74) is 2.00. The lowest BCUT2D eigenvalue weighted by Crippen LogP contribution is -1.91. The summed E-state index contributed by atoms with van der Waals surface area (Å²) in [5.74, 6) is 3.01. The Bertz CT molecular complexity index is 918. The second kappa shape index (κ2) is 8.11. The highest BCUT2D eigenvalue weighted by molar-refractivity contribution is 5.61. The molecule has 3 heteroatoms. The summed E-state index contributed by atoms with van der Waals surface area (Å²) in [6.45, 7) is 0. The molecule has 0 amide bonds. The summed E-state index contributed by atoms with van der Waals surface area (Å²) in [6.07, 6.45) is 0. The van der Waals surface area contributed by atoms with Crippen LogP contribution in [0.1, 0.15) is 0 Å². The van der Waals surface area contributed by atoms with E-state index in [1.165, 1.54) is 0 Å². The number of hydrogen-bond acceptors (Lipinski definition) is 3. The highest BCUT2D eigenvalue weighted by atomic mass is 16.5. The van der Waals surface area contributed by atoms with E-state index in [-0.39, 0.29) is 0 Å². The van der Waals surface area contributed by atoms with Gasteiger partial charge < -0.3 is 14.8 Å². The molecule has 0 radical (unpaired) electrons. The smallest absolute Gasteiger partial charge is 0.131 e. The average Bonchev–Trinajstić information content (AvgIpc) is 2.70. The Kier molecular flexibility index (Phi) is 5.02. The molecule has 4 rings (SSSR count). The van der Waals surface area contributed by atoms with Crippen molar-refractivity contribution in [3.8, 4) is 23.0 Å². The Morgan fingerprint density at radius 1 is 0.407 bits per heavy atom. The van der Waals surface area contributed by atoms with Gasteiger partial charge in [-0.15, -0.1) is 0 Å². The zero-order chi connectivity index (χ0) is 18.3. The second-order valence-corrected chi connectivity index (χ2v) is 6.01. The van der Waals surface area contributed by atoms with E-state index in [1.54, 1.807) is 0 Å². The number of rotatable bonds is 6. The third-order valence-corrected chi connectivity index (χ3v) is 3.92. The van der Waals surface area contributed by atoms with Gasteiger partial charge in [0.25, 0.3) is 0 Å². The standard InChI is InChI=1S/C24H19NO2/c1-3-9-19(10-4-1)25-20-11-7-14-22(17-20)27-24-16-8-15-23(18-24)26-21-12-5-2-6-13-21/h1-18,25H. The molecule has 0 fully saturated rings. The second-order valence-electron chi connectivity index (χ2n) is 6.01. The van der Waals surface area contributed by atoms with Crippen molar-refractivity contribution in [3.63, 3.8) is 0 Å². The first-order valence-corrected chi connectivity index (χ1v) is 8.78. The Morgan fingerprint density at radius 2 is 0.889 bits per heavy atom. The van der Waals surface area contributed by atoms with E-state index in [9.17, 15) is 0 Å². The highest BCUT2D eigenvalue weighted by Gasteiger charge is 2.03. The lowest BCUT2D eigenvalue weighted by molar-refractivity contribution is 0.460. The normalized spacial score (nSPS) is 10.2. The third kappa shape index (κ3) is 4.67. The largest absolute Gasteiger partial charge is 0.457 e. The molecule has 0 aliphatic carbocycles. The van der Waals surface area contributed by atoms with Crippen molar-refractivity contribution in [3.05, 3.63) is 109 Å². The summed E-state index contributed by atoms with van der Waals surface area (Å²) >= 11 is 0. The molecule has 0 heterocycles. The van der Waals surface area contributed by atoms with Crippen molar-refractivity contribution in [2.75, 3.05) is 5.32 Å². The molecule has 3 nitrogen and oxygen atoms in total. The zero-order valence-corrected chi connectivity index (χ0v) is 14.7. The maximum atomic E-state index is 6.02. The van der Waals surface area contributed by atoms with Crippen LogP contribution >= 0.6 is 0 Å². The predicted molar refractivity (Wildman–Crippen MR) is 109 cm³/mol. The molecule has 0 spiro atoms. The van der Waals surface area contributed by atoms with Gasteiger partial charge in [-0.25, -0.2) is 0 Å². The van der Waals surface area contributed by atoms with Crippen LogP contribution in [0.5, 0.6) is 23.0 Å². The monoisotopic (exact) mass is 353 g/mol. The first-order chi connectivity index (χ1) is 13.3. The Hall–Kier alpha value is -3.72. The van der Waals surface area contributed by atoms with Crippen LogP contribution in [0, 0.1) is 0 Å². The summed E-state index contributed by atoms with van der Waals surface area (Å²) in [6, 6.07) is 35.2. The van der Waals surface area contributed by atoms with Gasteiger partial charge in [-0.2, -0.15) is 0 Å². The van der Waals surface area contributed by atoms with Crippen LogP contribution in [0.2, 0.25) is 0 Å². The molecule has 4 aromatic rings. The first kappa shape index (κ1) is 16.7. The average molecular weight is 353 g/mol. The molecule has 0 atom stereocenters. The quantitative estimate of drug-likeness (QED) is 0.404. The molecule has 0 aliphatic rings. The van der Waals surface area contributed by atoms with E-state index in [2.05, 4.69) is 5.32 Å². The third-order valence-electron chi connectivity index (χ3n) is 3.92. The van der Waals surface area contributed by atoms with Gasteiger partial charge in [0.2, 0.25) is 0 Å². The van der Waals surface area contributed by atoms with E-state index in [0.29, 0.717) is 0 Å². The topological polar surface area (TPSA) is 30.5 Å². The minimum Gasteiger partial charge on any atom is -0.457 e. The number of ether oxygens (including phenoxy) is 2. The minimum absolute atomic E-state index is 0.722. The SMILES string of the molecule is c1ccc(Nc2cccc(Oc3cccc(Oc4ccccc4)c3)c2)cc1. The molecule has 0 unspecified atom stereocenters. The van der Waals surface area contributed by atoms with E-state index >= 15 is 0 Å². The number of hydrogen-bond donors (Lipinski definition) is 1. The van der Waals surface area contributed by atoms with Gasteiger partial charge in [0.05, 0.1) is 0 Å². The van der Waals surface area contributed by atoms with Crippen LogP contribution in [-0.2, 0) is 0 Å². The molecule has 4 aromatic carbocycles. The van der Waals surface area contributed by atoms with Crippen molar-refractivity contribution in [2.24, 2.45) is 0 Å². The maximum Gasteiger partial charge on any atom is 0.131 e. The van der Waals surface area contributed by atoms with E-state index < -0.39 is 0 Å². The van der Waals surface area contributed by atoms with E-state index in [4.69, 9.17) is 9.47 Å². The van der Waals surface area contributed by atoms with Gasteiger partial charge in [-0.1, -0.05) is 48.5 Å². The van der Waals surface area contributed by atoms with Crippen LogP contribution in [0.25, 0.3) is 0 Å². The van der Waals surface area contributed by atoms with Gasteiger partial charge >= 0.3 is 0 Å². The fourth-order valence-corrected chi connectivity index (χ4v) is 2.69. The van der Waals surface area contributed by atoms with Crippen molar-refractivity contribution >= 4 is 11.4 Å². The van der Waals surface area contributed by atoms with E-state index in [1.807, 2.05) is 109 Å². The number of para-hydroxylation sites is 2. The van der Waals surface area contributed by atoms with Gasteiger partial charge in [-0.3, -0.25) is 0 Å². The fourth-order valence-electron chi connectivity index (χ4n) is 2.69. The van der Waals surface area contributed by atoms with Crippen LogP contribution in [0.4, 0.5) is 11.4 Å². The maximum absolute atomic E-state index is 6.02. The molecule has 0 aromatic heterocycles. The minimum atomic E-state index is 0.722. The Morgan fingerprint density at radius 3 is 1.59 bits per heavy atom. The van der Waals surface area contributed by atoms with Gasteiger partial charge in [-0.05, 0) is 48.5 Å². The van der Waals surface area contributed by atoms with Crippen molar-refractivity contribution in [2.45, 2.75) is 0 Å². The summed E-state index contributed by atoms with van der Waals surface area (Å²) in [5, 5.41) is 3.37. The molecular weight excluding hydrogens is 334 g/mol. The molecule has 132 valence electrons. The summed E-state index contributed by atoms with van der Waals surface area (Å²) in [7, 11) is 0. The summed E-state index contributed by atoms with van der Waals surface area (Å²) < 4.78 is 11.9. The van der Waals surface area contributed by atoms with Crippen molar-refractivity contribution < 1.29 is 9.47 Å². The van der Waals surface area contributed by atoms with Crippen LogP contribution < -0.4 is 14.8 Å². The Balaban J connectivity index is 1.47. The van der Waals surface area contributed by atoms with Gasteiger partial charge in [0, 0.05) is 23.5 Å². The molecule has 0 saturated heterocycles. The molecule has 0 bridgehead atoms. The van der Waals surface area contributed by atoms with Gasteiger partial charge in [0.1, 0.15) is 23.0 Å². The van der Waals surface area contributed by atoms with E-state index in [0.717, 1.165) is 34.4 Å². The molecular formula is C24H19NO2. The molecule has 0 saturated carbocycles. The summed E-state index contributed by atoms with van der Waals surface area (Å²) in [4.78, 5) is 0. The van der Waals surface area contributed by atoms with Crippen LogP contribution in [-0.4, -0.2) is 0 Å². The number of anilines is 2. The molecule has 0 aliphatic heterocycles. The molecule has 1 N–H and O–H groups in total. The lowest BCUT2D eigenvalue weighted by atomic mass is 10.2. The van der Waals surface area contributed by atoms with Crippen molar-refractivity contribution in [1.82, 2.24) is 0 Å². The lowest BCUT2D eigenvalue weighted by Gasteiger charge is -2.11. The van der Waals surface area contributed by atoms with Gasteiger partial charge in [0.15, 0.2) is 0 Å². The predicted octanol–water partition coefficient (Wildman–Crippen LogP) is 7.01. The van der Waals surface area contributed by atoms with Crippen molar-refractivity contribution in [1.29, 1.82) is 0 Å².